The quantitative estimate of drug-likeness (QED) is 0.787. The Morgan fingerprint density at radius 2 is 2.33 bits per heavy atom. The molecule has 80 valence electrons. The first kappa shape index (κ1) is 10.0. The number of benzene rings is 1. The monoisotopic (exact) mass is 204 g/mol. The number of fused-ring (bicyclic) bond motifs is 1. The summed E-state index contributed by atoms with van der Waals surface area (Å²) in [4.78, 5) is 11.8. The van der Waals surface area contributed by atoms with Crippen molar-refractivity contribution < 1.29 is 4.79 Å². The van der Waals surface area contributed by atoms with Crippen molar-refractivity contribution >= 4 is 11.6 Å². The maximum absolute atomic E-state index is 11.8. The highest BCUT2D eigenvalue weighted by atomic mass is 16.1. The first-order chi connectivity index (χ1) is 7.33. The summed E-state index contributed by atoms with van der Waals surface area (Å²) in [6, 6.07) is 8.00. The maximum Gasteiger partial charge on any atom is 0.229 e. The lowest BCUT2D eigenvalue weighted by molar-refractivity contribution is -0.122. The Morgan fingerprint density at radius 3 is 3.13 bits per heavy atom. The molecule has 1 aromatic carbocycles. The molecule has 1 aliphatic rings. The van der Waals surface area contributed by atoms with Gasteiger partial charge in [-0.05, 0) is 18.1 Å². The third-order valence-corrected chi connectivity index (χ3v) is 2.70. The second-order valence-corrected chi connectivity index (χ2v) is 3.81. The van der Waals surface area contributed by atoms with E-state index in [0.29, 0.717) is 0 Å². The van der Waals surface area contributed by atoms with Gasteiger partial charge in [0.2, 0.25) is 5.91 Å². The number of nitrogens with one attached hydrogen (secondary N) is 2. The molecule has 0 saturated heterocycles. The summed E-state index contributed by atoms with van der Waals surface area (Å²) in [6.07, 6.45) is 0.980. The van der Waals surface area contributed by atoms with Crippen molar-refractivity contribution in [1.29, 1.82) is 0 Å². The lowest BCUT2D eigenvalue weighted by Crippen LogP contribution is -2.30. The third-order valence-electron chi connectivity index (χ3n) is 2.70. The molecule has 0 aromatic heterocycles. The van der Waals surface area contributed by atoms with Crippen LogP contribution in [0.25, 0.3) is 0 Å². The molecule has 15 heavy (non-hydrogen) atoms. The fourth-order valence-electron chi connectivity index (χ4n) is 1.89. The zero-order valence-electron chi connectivity index (χ0n) is 8.92. The molecule has 1 aliphatic heterocycles. The van der Waals surface area contributed by atoms with Crippen molar-refractivity contribution in [3.63, 3.8) is 0 Å². The van der Waals surface area contributed by atoms with E-state index in [4.69, 9.17) is 0 Å². The van der Waals surface area contributed by atoms with Crippen LogP contribution in [0.15, 0.2) is 24.3 Å². The van der Waals surface area contributed by atoms with Gasteiger partial charge in [0.1, 0.15) is 0 Å². The lowest BCUT2D eigenvalue weighted by atomic mass is 10.0. The summed E-state index contributed by atoms with van der Waals surface area (Å²) in [6.45, 7) is 3.54. The van der Waals surface area contributed by atoms with Gasteiger partial charge in [-0.1, -0.05) is 25.1 Å². The minimum absolute atomic E-state index is 0.0206. The second kappa shape index (κ2) is 4.34. The van der Waals surface area contributed by atoms with Crippen LogP contribution in [0.1, 0.15) is 24.8 Å². The predicted octanol–water partition coefficient (Wildman–Crippen LogP) is 1.72. The van der Waals surface area contributed by atoms with Crippen LogP contribution in [0.2, 0.25) is 0 Å². The lowest BCUT2D eigenvalue weighted by Gasteiger charge is -2.10. The van der Waals surface area contributed by atoms with Crippen LogP contribution < -0.4 is 10.6 Å². The van der Waals surface area contributed by atoms with Gasteiger partial charge in [-0.15, -0.1) is 0 Å². The van der Waals surface area contributed by atoms with Gasteiger partial charge < -0.3 is 10.6 Å². The van der Waals surface area contributed by atoms with Crippen molar-refractivity contribution in [2.24, 2.45) is 0 Å². The van der Waals surface area contributed by atoms with Crippen LogP contribution in [0, 0.1) is 0 Å². The SMILES string of the molecule is CCCNC(=O)C1CNc2ccccc21. The van der Waals surface area contributed by atoms with Crippen LogP contribution in [0.4, 0.5) is 5.69 Å². The van der Waals surface area contributed by atoms with Crippen LogP contribution in [0.5, 0.6) is 0 Å². The zero-order valence-corrected chi connectivity index (χ0v) is 8.92. The number of carbonyl (C=O) groups is 1. The molecule has 1 unspecified atom stereocenters. The van der Waals surface area contributed by atoms with Gasteiger partial charge in [0.25, 0.3) is 0 Å². The van der Waals surface area contributed by atoms with E-state index in [9.17, 15) is 4.79 Å². The van der Waals surface area contributed by atoms with Crippen LogP contribution in [0.3, 0.4) is 0 Å². The Bertz CT molecular complexity index is 362. The van der Waals surface area contributed by atoms with Crippen LogP contribution >= 0.6 is 0 Å². The second-order valence-electron chi connectivity index (χ2n) is 3.81. The number of carbonyl (C=O) groups excluding carboxylic acids is 1. The highest BCUT2D eigenvalue weighted by Gasteiger charge is 2.27. The van der Waals surface area contributed by atoms with E-state index in [1.165, 1.54) is 0 Å². The van der Waals surface area contributed by atoms with Gasteiger partial charge in [0.15, 0.2) is 0 Å². The van der Waals surface area contributed by atoms with Gasteiger partial charge >= 0.3 is 0 Å². The molecule has 0 spiro atoms. The van der Waals surface area contributed by atoms with E-state index in [-0.39, 0.29) is 11.8 Å². The predicted molar refractivity (Wildman–Crippen MR) is 61.0 cm³/mol. The first-order valence-electron chi connectivity index (χ1n) is 5.43. The standard InChI is InChI=1S/C12H16N2O/c1-2-7-13-12(15)10-8-14-11-6-4-3-5-9(10)11/h3-6,10,14H,2,7-8H2,1H3,(H,13,15). The number of anilines is 1. The first-order valence-corrected chi connectivity index (χ1v) is 5.43. The average Bonchev–Trinajstić information content (AvgIpc) is 2.69. The molecule has 1 atom stereocenters. The van der Waals surface area contributed by atoms with Gasteiger partial charge in [-0.25, -0.2) is 0 Å². The van der Waals surface area contributed by atoms with Crippen LogP contribution in [-0.4, -0.2) is 19.0 Å². The summed E-state index contributed by atoms with van der Waals surface area (Å²) >= 11 is 0. The Balaban J connectivity index is 2.10. The Hall–Kier alpha value is -1.51. The maximum atomic E-state index is 11.8. The molecule has 0 bridgehead atoms. The number of para-hydroxylation sites is 1. The molecule has 0 radical (unpaired) electrons. The molecule has 2 N–H and O–H groups in total. The van der Waals surface area contributed by atoms with E-state index >= 15 is 0 Å². The fraction of sp³-hybridized carbons (Fsp3) is 0.417. The van der Waals surface area contributed by atoms with E-state index in [2.05, 4.69) is 17.6 Å². The Kier molecular flexibility index (Phi) is 2.90. The minimum atomic E-state index is -0.0206. The smallest absolute Gasteiger partial charge is 0.229 e. The van der Waals surface area contributed by atoms with Crippen LogP contribution in [-0.2, 0) is 4.79 Å². The summed E-state index contributed by atoms with van der Waals surface area (Å²) in [5.41, 5.74) is 2.21. The van der Waals surface area contributed by atoms with Gasteiger partial charge in [-0.3, -0.25) is 4.79 Å². The molecular formula is C12H16N2O. The van der Waals surface area contributed by atoms with Crippen molar-refractivity contribution in [3.05, 3.63) is 29.8 Å². The largest absolute Gasteiger partial charge is 0.384 e. The van der Waals surface area contributed by atoms with Gasteiger partial charge in [0, 0.05) is 18.8 Å². The molecule has 3 heteroatoms. The number of rotatable bonds is 3. The van der Waals surface area contributed by atoms with E-state index in [0.717, 1.165) is 30.8 Å². The molecule has 0 fully saturated rings. The van der Waals surface area contributed by atoms with Crippen molar-refractivity contribution in [2.45, 2.75) is 19.3 Å². The normalized spacial score (nSPS) is 18.1. The van der Waals surface area contributed by atoms with Gasteiger partial charge in [0.05, 0.1) is 5.92 Å². The van der Waals surface area contributed by atoms with Crippen molar-refractivity contribution in [1.82, 2.24) is 5.32 Å². The summed E-state index contributed by atoms with van der Waals surface area (Å²) in [7, 11) is 0. The minimum Gasteiger partial charge on any atom is -0.384 e. The molecule has 3 nitrogen and oxygen atoms in total. The van der Waals surface area contributed by atoms with Gasteiger partial charge in [-0.2, -0.15) is 0 Å². The Morgan fingerprint density at radius 1 is 1.53 bits per heavy atom. The van der Waals surface area contributed by atoms with E-state index < -0.39 is 0 Å². The number of hydrogen-bond donors (Lipinski definition) is 2. The molecule has 1 amide bonds. The zero-order chi connectivity index (χ0) is 10.7. The number of amides is 1. The summed E-state index contributed by atoms with van der Waals surface area (Å²) < 4.78 is 0. The number of hydrogen-bond acceptors (Lipinski definition) is 2. The Labute approximate surface area is 89.9 Å². The molecule has 2 rings (SSSR count). The molecule has 1 heterocycles. The third kappa shape index (κ3) is 1.96. The molecule has 0 saturated carbocycles. The molecular weight excluding hydrogens is 188 g/mol. The highest BCUT2D eigenvalue weighted by Crippen LogP contribution is 2.30. The van der Waals surface area contributed by atoms with Crippen molar-refractivity contribution in [2.75, 3.05) is 18.4 Å². The topological polar surface area (TPSA) is 41.1 Å². The summed E-state index contributed by atoms with van der Waals surface area (Å²) in [5.74, 6) is 0.113. The highest BCUT2D eigenvalue weighted by molar-refractivity contribution is 5.88. The van der Waals surface area contributed by atoms with E-state index in [1.54, 1.807) is 0 Å². The van der Waals surface area contributed by atoms with E-state index in [1.807, 2.05) is 24.3 Å². The fourth-order valence-corrected chi connectivity index (χ4v) is 1.89. The molecule has 1 aromatic rings. The molecule has 0 aliphatic carbocycles. The average molecular weight is 204 g/mol. The summed E-state index contributed by atoms with van der Waals surface area (Å²) in [5, 5.41) is 6.18. The van der Waals surface area contributed by atoms with Crippen molar-refractivity contribution in [3.8, 4) is 0 Å².